The molecule has 2 aliphatic heterocycles. The monoisotopic (exact) mass is 304 g/mol. The Labute approximate surface area is 131 Å². The van der Waals surface area contributed by atoms with Crippen molar-refractivity contribution >= 4 is 5.91 Å². The maximum absolute atomic E-state index is 12.3. The highest BCUT2D eigenvalue weighted by atomic mass is 16.5. The van der Waals surface area contributed by atoms with Crippen LogP contribution in [0.1, 0.15) is 18.4 Å². The molecule has 3 rings (SSSR count). The van der Waals surface area contributed by atoms with Gasteiger partial charge in [0, 0.05) is 26.2 Å². The Balaban J connectivity index is 1.50. The second-order valence-electron chi connectivity index (χ2n) is 6.00. The van der Waals surface area contributed by atoms with Gasteiger partial charge in [-0.15, -0.1) is 0 Å². The van der Waals surface area contributed by atoms with E-state index in [2.05, 4.69) is 22.3 Å². The van der Waals surface area contributed by atoms with E-state index in [-0.39, 0.29) is 18.1 Å². The molecule has 1 amide bonds. The Bertz CT molecular complexity index is 474. The van der Waals surface area contributed by atoms with Gasteiger partial charge in [-0.2, -0.15) is 0 Å². The molecule has 2 aliphatic rings. The van der Waals surface area contributed by atoms with Gasteiger partial charge >= 0.3 is 0 Å². The summed E-state index contributed by atoms with van der Waals surface area (Å²) in [5.41, 5.74) is 1.27. The van der Waals surface area contributed by atoms with E-state index in [0.29, 0.717) is 19.8 Å². The average Bonchev–Trinajstić information content (AvgIpc) is 2.57. The summed E-state index contributed by atoms with van der Waals surface area (Å²) in [7, 11) is 0. The fourth-order valence-electron chi connectivity index (χ4n) is 3.00. The number of ether oxygens (including phenoxy) is 2. The van der Waals surface area contributed by atoms with Gasteiger partial charge in [0.1, 0.15) is 6.10 Å². The van der Waals surface area contributed by atoms with E-state index in [1.807, 2.05) is 18.2 Å². The predicted octanol–water partition coefficient (Wildman–Crippen LogP) is 1.18. The standard InChI is InChI=1S/C17H24N2O3/c20-17(18-15-7-4-9-21-13-15)16-12-19(8-10-22-16)11-14-5-2-1-3-6-14/h1-3,5-6,15-16H,4,7-13H2,(H,18,20)/t15-,16-/m0/s1. The van der Waals surface area contributed by atoms with Crippen molar-refractivity contribution in [1.29, 1.82) is 0 Å². The molecule has 0 saturated carbocycles. The molecule has 2 saturated heterocycles. The number of hydrogen-bond acceptors (Lipinski definition) is 4. The number of benzene rings is 1. The molecule has 120 valence electrons. The molecule has 0 bridgehead atoms. The van der Waals surface area contributed by atoms with E-state index in [1.165, 1.54) is 5.56 Å². The second-order valence-corrected chi connectivity index (χ2v) is 6.00. The second kappa shape index (κ2) is 7.72. The van der Waals surface area contributed by atoms with Gasteiger partial charge in [-0.1, -0.05) is 30.3 Å². The normalized spacial score (nSPS) is 26.5. The molecular formula is C17H24N2O3. The largest absolute Gasteiger partial charge is 0.379 e. The van der Waals surface area contributed by atoms with Gasteiger partial charge < -0.3 is 14.8 Å². The van der Waals surface area contributed by atoms with Crippen LogP contribution in [0, 0.1) is 0 Å². The van der Waals surface area contributed by atoms with Gasteiger partial charge in [0.25, 0.3) is 5.91 Å². The zero-order chi connectivity index (χ0) is 15.2. The zero-order valence-corrected chi connectivity index (χ0v) is 12.9. The lowest BCUT2D eigenvalue weighted by Gasteiger charge is -2.33. The van der Waals surface area contributed by atoms with Gasteiger partial charge in [0.2, 0.25) is 0 Å². The third-order valence-corrected chi connectivity index (χ3v) is 4.20. The number of rotatable bonds is 4. The number of carbonyl (C=O) groups is 1. The van der Waals surface area contributed by atoms with E-state index >= 15 is 0 Å². The Morgan fingerprint density at radius 1 is 1.27 bits per heavy atom. The van der Waals surface area contributed by atoms with Crippen LogP contribution in [0.15, 0.2) is 30.3 Å². The fraction of sp³-hybridized carbons (Fsp3) is 0.588. The van der Waals surface area contributed by atoms with E-state index < -0.39 is 0 Å². The van der Waals surface area contributed by atoms with Crippen molar-refractivity contribution in [3.05, 3.63) is 35.9 Å². The number of nitrogens with zero attached hydrogens (tertiary/aromatic N) is 1. The SMILES string of the molecule is O=C(N[C@H]1CCCOC1)[C@@H]1CN(Cc2ccccc2)CCO1. The van der Waals surface area contributed by atoms with Crippen molar-refractivity contribution < 1.29 is 14.3 Å². The van der Waals surface area contributed by atoms with E-state index in [0.717, 1.165) is 32.5 Å². The first-order chi connectivity index (χ1) is 10.8. The summed E-state index contributed by atoms with van der Waals surface area (Å²) in [5, 5.41) is 3.06. The molecule has 1 aromatic rings. The summed E-state index contributed by atoms with van der Waals surface area (Å²) in [6.45, 7) is 4.40. The molecule has 0 unspecified atom stereocenters. The third kappa shape index (κ3) is 4.29. The molecule has 1 N–H and O–H groups in total. The lowest BCUT2D eigenvalue weighted by molar-refractivity contribution is -0.140. The average molecular weight is 304 g/mol. The molecule has 5 heteroatoms. The fourth-order valence-corrected chi connectivity index (χ4v) is 3.00. The van der Waals surface area contributed by atoms with Crippen LogP contribution in [0.3, 0.4) is 0 Å². The molecule has 0 aliphatic carbocycles. The van der Waals surface area contributed by atoms with Crippen LogP contribution in [0.4, 0.5) is 0 Å². The number of amides is 1. The maximum atomic E-state index is 12.3. The van der Waals surface area contributed by atoms with Crippen LogP contribution in [0.25, 0.3) is 0 Å². The molecule has 2 fully saturated rings. The third-order valence-electron chi connectivity index (χ3n) is 4.20. The number of morpholine rings is 1. The molecule has 0 spiro atoms. The van der Waals surface area contributed by atoms with Crippen LogP contribution < -0.4 is 5.32 Å². The summed E-state index contributed by atoms with van der Waals surface area (Å²) >= 11 is 0. The van der Waals surface area contributed by atoms with Gasteiger partial charge in [-0.25, -0.2) is 0 Å². The van der Waals surface area contributed by atoms with E-state index in [4.69, 9.17) is 9.47 Å². The number of carbonyl (C=O) groups excluding carboxylic acids is 1. The maximum Gasteiger partial charge on any atom is 0.250 e. The van der Waals surface area contributed by atoms with Crippen LogP contribution in [-0.2, 0) is 20.8 Å². The Morgan fingerprint density at radius 2 is 2.14 bits per heavy atom. The van der Waals surface area contributed by atoms with Gasteiger partial charge in [0.15, 0.2) is 0 Å². The summed E-state index contributed by atoms with van der Waals surface area (Å²) in [5.74, 6) is -0.00624. The zero-order valence-electron chi connectivity index (χ0n) is 12.9. The number of hydrogen-bond donors (Lipinski definition) is 1. The van der Waals surface area contributed by atoms with Crippen molar-refractivity contribution in [2.75, 3.05) is 32.9 Å². The highest BCUT2D eigenvalue weighted by Crippen LogP contribution is 2.12. The highest BCUT2D eigenvalue weighted by molar-refractivity contribution is 5.81. The Hall–Kier alpha value is -1.43. The first kappa shape index (κ1) is 15.5. The molecular weight excluding hydrogens is 280 g/mol. The van der Waals surface area contributed by atoms with Gasteiger partial charge in [0.05, 0.1) is 19.3 Å². The van der Waals surface area contributed by atoms with Crippen LogP contribution in [-0.4, -0.2) is 55.9 Å². The summed E-state index contributed by atoms with van der Waals surface area (Å²) < 4.78 is 11.1. The van der Waals surface area contributed by atoms with E-state index in [1.54, 1.807) is 0 Å². The molecule has 5 nitrogen and oxygen atoms in total. The number of nitrogens with one attached hydrogen (secondary N) is 1. The summed E-state index contributed by atoms with van der Waals surface area (Å²) in [4.78, 5) is 14.6. The molecule has 1 aromatic carbocycles. The lowest BCUT2D eigenvalue weighted by Crippen LogP contribution is -2.52. The van der Waals surface area contributed by atoms with Crippen LogP contribution >= 0.6 is 0 Å². The Morgan fingerprint density at radius 3 is 2.91 bits per heavy atom. The predicted molar refractivity (Wildman–Crippen MR) is 83.4 cm³/mol. The van der Waals surface area contributed by atoms with Crippen molar-refractivity contribution in [1.82, 2.24) is 10.2 Å². The van der Waals surface area contributed by atoms with E-state index in [9.17, 15) is 4.79 Å². The minimum atomic E-state index is -0.376. The van der Waals surface area contributed by atoms with Crippen molar-refractivity contribution in [3.63, 3.8) is 0 Å². The summed E-state index contributed by atoms with van der Waals surface area (Å²) in [6, 6.07) is 10.5. The molecule has 2 atom stereocenters. The lowest BCUT2D eigenvalue weighted by atomic mass is 10.1. The van der Waals surface area contributed by atoms with Crippen molar-refractivity contribution in [3.8, 4) is 0 Å². The van der Waals surface area contributed by atoms with Gasteiger partial charge in [-0.3, -0.25) is 9.69 Å². The first-order valence-corrected chi connectivity index (χ1v) is 8.07. The minimum Gasteiger partial charge on any atom is -0.379 e. The summed E-state index contributed by atoms with van der Waals surface area (Å²) in [6.07, 6.45) is 1.63. The topological polar surface area (TPSA) is 50.8 Å². The minimum absolute atomic E-state index is 0.00624. The van der Waals surface area contributed by atoms with Gasteiger partial charge in [-0.05, 0) is 18.4 Å². The highest BCUT2D eigenvalue weighted by Gasteiger charge is 2.28. The molecule has 2 heterocycles. The van der Waals surface area contributed by atoms with Crippen LogP contribution in [0.5, 0.6) is 0 Å². The van der Waals surface area contributed by atoms with Crippen LogP contribution in [0.2, 0.25) is 0 Å². The molecule has 0 radical (unpaired) electrons. The Kier molecular flexibility index (Phi) is 5.43. The van der Waals surface area contributed by atoms with Crippen molar-refractivity contribution in [2.24, 2.45) is 0 Å². The first-order valence-electron chi connectivity index (χ1n) is 8.07. The molecule has 0 aromatic heterocycles. The van der Waals surface area contributed by atoms with Crippen molar-refractivity contribution in [2.45, 2.75) is 31.5 Å². The quantitative estimate of drug-likeness (QED) is 0.907. The molecule has 22 heavy (non-hydrogen) atoms. The smallest absolute Gasteiger partial charge is 0.250 e.